The summed E-state index contributed by atoms with van der Waals surface area (Å²) in [6.07, 6.45) is -1.24. The van der Waals surface area contributed by atoms with E-state index in [9.17, 15) is 13.9 Å². The van der Waals surface area contributed by atoms with Crippen molar-refractivity contribution in [2.45, 2.75) is 6.10 Å². The van der Waals surface area contributed by atoms with E-state index < -0.39 is 17.7 Å². The average Bonchev–Trinajstić information content (AvgIpc) is 2.79. The Morgan fingerprint density at radius 3 is 2.40 bits per heavy atom. The third-order valence-electron chi connectivity index (χ3n) is 2.97. The molecular weight excluding hydrogens is 286 g/mol. The Balaban J connectivity index is 2.05. The van der Waals surface area contributed by atoms with E-state index in [4.69, 9.17) is 16.0 Å². The SMILES string of the molecule is OC(c1cc(F)cc(F)c1)c1cc2cc(Cl)ccc2o1. The molecule has 5 heteroatoms. The van der Waals surface area contributed by atoms with Crippen molar-refractivity contribution >= 4 is 22.6 Å². The van der Waals surface area contributed by atoms with E-state index in [0.29, 0.717) is 16.0 Å². The van der Waals surface area contributed by atoms with E-state index >= 15 is 0 Å². The van der Waals surface area contributed by atoms with E-state index in [2.05, 4.69) is 0 Å². The zero-order valence-electron chi connectivity index (χ0n) is 10.1. The monoisotopic (exact) mass is 294 g/mol. The van der Waals surface area contributed by atoms with Crippen molar-refractivity contribution in [2.24, 2.45) is 0 Å². The van der Waals surface area contributed by atoms with Gasteiger partial charge in [-0.1, -0.05) is 11.6 Å². The molecule has 3 aromatic rings. The number of hydrogen-bond donors (Lipinski definition) is 1. The molecule has 0 saturated heterocycles. The van der Waals surface area contributed by atoms with Gasteiger partial charge in [-0.25, -0.2) is 8.78 Å². The van der Waals surface area contributed by atoms with Gasteiger partial charge in [0, 0.05) is 16.5 Å². The highest BCUT2D eigenvalue weighted by Gasteiger charge is 2.17. The van der Waals surface area contributed by atoms with Crippen molar-refractivity contribution in [3.8, 4) is 0 Å². The fourth-order valence-corrected chi connectivity index (χ4v) is 2.25. The lowest BCUT2D eigenvalue weighted by molar-refractivity contribution is 0.191. The number of aliphatic hydroxyl groups excluding tert-OH is 1. The smallest absolute Gasteiger partial charge is 0.138 e. The van der Waals surface area contributed by atoms with Crippen LogP contribution in [0.5, 0.6) is 0 Å². The lowest BCUT2D eigenvalue weighted by Crippen LogP contribution is -1.99. The quantitative estimate of drug-likeness (QED) is 0.757. The Labute approximate surface area is 118 Å². The highest BCUT2D eigenvalue weighted by Crippen LogP contribution is 2.30. The van der Waals surface area contributed by atoms with Crippen LogP contribution in [0.25, 0.3) is 11.0 Å². The molecule has 0 saturated carbocycles. The van der Waals surface area contributed by atoms with Crippen LogP contribution in [0.4, 0.5) is 8.78 Å². The van der Waals surface area contributed by atoms with Crippen LogP contribution < -0.4 is 0 Å². The Hall–Kier alpha value is -1.91. The zero-order valence-corrected chi connectivity index (χ0v) is 10.9. The molecule has 0 aliphatic carbocycles. The minimum absolute atomic E-state index is 0.0904. The molecule has 2 aromatic carbocycles. The molecule has 0 spiro atoms. The second-order valence-corrected chi connectivity index (χ2v) is 4.87. The summed E-state index contributed by atoms with van der Waals surface area (Å²) in [6.45, 7) is 0. The van der Waals surface area contributed by atoms with Crippen molar-refractivity contribution in [1.82, 2.24) is 0 Å². The van der Waals surface area contributed by atoms with Crippen LogP contribution in [0.2, 0.25) is 5.02 Å². The topological polar surface area (TPSA) is 33.4 Å². The molecule has 1 heterocycles. The van der Waals surface area contributed by atoms with Crippen LogP contribution in [0.15, 0.2) is 46.9 Å². The second kappa shape index (κ2) is 4.89. The minimum atomic E-state index is -1.24. The van der Waals surface area contributed by atoms with Crippen molar-refractivity contribution < 1.29 is 18.3 Å². The molecule has 0 aliphatic rings. The third-order valence-corrected chi connectivity index (χ3v) is 3.20. The average molecular weight is 295 g/mol. The van der Waals surface area contributed by atoms with Gasteiger partial charge in [0.15, 0.2) is 0 Å². The summed E-state index contributed by atoms with van der Waals surface area (Å²) in [5, 5.41) is 11.4. The molecule has 0 fully saturated rings. The van der Waals surface area contributed by atoms with Gasteiger partial charge >= 0.3 is 0 Å². The predicted molar refractivity (Wildman–Crippen MR) is 71.6 cm³/mol. The van der Waals surface area contributed by atoms with Crippen molar-refractivity contribution in [3.05, 3.63) is 70.4 Å². The Morgan fingerprint density at radius 1 is 1.00 bits per heavy atom. The highest BCUT2D eigenvalue weighted by atomic mass is 35.5. The number of rotatable bonds is 2. The highest BCUT2D eigenvalue weighted by molar-refractivity contribution is 6.31. The van der Waals surface area contributed by atoms with E-state index in [1.54, 1.807) is 24.3 Å². The van der Waals surface area contributed by atoms with E-state index in [0.717, 1.165) is 18.2 Å². The maximum Gasteiger partial charge on any atom is 0.138 e. The molecule has 3 rings (SSSR count). The van der Waals surface area contributed by atoms with Crippen molar-refractivity contribution in [3.63, 3.8) is 0 Å². The number of benzene rings is 2. The van der Waals surface area contributed by atoms with Gasteiger partial charge in [-0.3, -0.25) is 0 Å². The summed E-state index contributed by atoms with van der Waals surface area (Å²) in [7, 11) is 0. The van der Waals surface area contributed by atoms with E-state index in [1.807, 2.05) is 0 Å². The fourth-order valence-electron chi connectivity index (χ4n) is 2.07. The van der Waals surface area contributed by atoms with Gasteiger partial charge in [0.25, 0.3) is 0 Å². The van der Waals surface area contributed by atoms with Gasteiger partial charge in [0.2, 0.25) is 0 Å². The second-order valence-electron chi connectivity index (χ2n) is 4.44. The van der Waals surface area contributed by atoms with Gasteiger partial charge in [-0.2, -0.15) is 0 Å². The van der Waals surface area contributed by atoms with Crippen LogP contribution in [0.3, 0.4) is 0 Å². The summed E-state index contributed by atoms with van der Waals surface area (Å²) in [6, 6.07) is 9.47. The van der Waals surface area contributed by atoms with Gasteiger partial charge < -0.3 is 9.52 Å². The maximum atomic E-state index is 13.2. The minimum Gasteiger partial charge on any atom is -0.458 e. The lowest BCUT2D eigenvalue weighted by Gasteiger charge is -2.08. The maximum absolute atomic E-state index is 13.2. The predicted octanol–water partition coefficient (Wildman–Crippen LogP) is 4.45. The van der Waals surface area contributed by atoms with Crippen LogP contribution in [0, 0.1) is 11.6 Å². The summed E-state index contributed by atoms with van der Waals surface area (Å²) in [5.74, 6) is -1.30. The third kappa shape index (κ3) is 2.40. The summed E-state index contributed by atoms with van der Waals surface area (Å²) in [5.41, 5.74) is 0.632. The summed E-state index contributed by atoms with van der Waals surface area (Å²) < 4.78 is 31.8. The standard InChI is InChI=1S/C15H9ClF2O2/c16-10-1-2-13-8(3-10)6-14(20-13)15(19)9-4-11(17)7-12(18)5-9/h1-7,15,19H. The van der Waals surface area contributed by atoms with Crippen LogP contribution in [-0.4, -0.2) is 5.11 Å². The molecule has 2 nitrogen and oxygen atoms in total. The molecule has 20 heavy (non-hydrogen) atoms. The molecule has 0 radical (unpaired) electrons. The number of halogens is 3. The molecule has 0 bridgehead atoms. The fraction of sp³-hybridized carbons (Fsp3) is 0.0667. The van der Waals surface area contributed by atoms with Crippen LogP contribution >= 0.6 is 11.6 Å². The molecule has 0 amide bonds. The van der Waals surface area contributed by atoms with Gasteiger partial charge in [-0.15, -0.1) is 0 Å². The summed E-state index contributed by atoms with van der Waals surface area (Å²) in [4.78, 5) is 0. The van der Waals surface area contributed by atoms with E-state index in [1.165, 1.54) is 0 Å². The van der Waals surface area contributed by atoms with Crippen LogP contribution in [-0.2, 0) is 0 Å². The molecule has 1 N–H and O–H groups in total. The first-order valence-corrected chi connectivity index (χ1v) is 6.24. The normalized spacial score (nSPS) is 12.8. The van der Waals surface area contributed by atoms with E-state index in [-0.39, 0.29) is 11.3 Å². The van der Waals surface area contributed by atoms with Gasteiger partial charge in [0.1, 0.15) is 29.1 Å². The lowest BCUT2D eigenvalue weighted by atomic mass is 10.1. The van der Waals surface area contributed by atoms with Crippen molar-refractivity contribution in [1.29, 1.82) is 0 Å². The Kier molecular flexibility index (Phi) is 3.20. The zero-order chi connectivity index (χ0) is 14.3. The first kappa shape index (κ1) is 13.1. The summed E-state index contributed by atoms with van der Waals surface area (Å²) >= 11 is 5.86. The molecule has 1 aromatic heterocycles. The Morgan fingerprint density at radius 2 is 1.70 bits per heavy atom. The first-order valence-electron chi connectivity index (χ1n) is 5.86. The van der Waals surface area contributed by atoms with Crippen molar-refractivity contribution in [2.75, 3.05) is 0 Å². The first-order chi connectivity index (χ1) is 9.52. The molecular formula is C15H9ClF2O2. The number of hydrogen-bond acceptors (Lipinski definition) is 2. The Bertz CT molecular complexity index is 762. The number of fused-ring (bicyclic) bond motifs is 1. The molecule has 1 atom stereocenters. The largest absolute Gasteiger partial charge is 0.458 e. The van der Waals surface area contributed by atoms with Crippen LogP contribution in [0.1, 0.15) is 17.4 Å². The molecule has 1 unspecified atom stereocenters. The van der Waals surface area contributed by atoms with Gasteiger partial charge in [0.05, 0.1) is 0 Å². The molecule has 102 valence electrons. The number of aliphatic hydroxyl groups is 1. The van der Waals surface area contributed by atoms with Gasteiger partial charge in [-0.05, 0) is 42.0 Å². The number of furan rings is 1. The molecule has 0 aliphatic heterocycles.